The van der Waals surface area contributed by atoms with Crippen LogP contribution in [0.3, 0.4) is 0 Å². The Morgan fingerprint density at radius 2 is 1.74 bits per heavy atom. The summed E-state index contributed by atoms with van der Waals surface area (Å²) in [6, 6.07) is 20.7. The molecule has 0 fully saturated rings. The number of rotatable bonds is 7. The van der Waals surface area contributed by atoms with Gasteiger partial charge in [-0.1, -0.05) is 42.5 Å². The van der Waals surface area contributed by atoms with Gasteiger partial charge in [-0.25, -0.2) is 9.35 Å². The molecule has 1 unspecified atom stereocenters. The van der Waals surface area contributed by atoms with Crippen molar-refractivity contribution in [2.75, 3.05) is 0 Å². The fourth-order valence-corrected chi connectivity index (χ4v) is 3.01. The van der Waals surface area contributed by atoms with Crippen molar-refractivity contribution in [3.8, 4) is 22.6 Å². The molecule has 0 heterocycles. The Morgan fingerprint density at radius 3 is 2.44 bits per heavy atom. The van der Waals surface area contributed by atoms with Crippen LogP contribution in [0.4, 0.5) is 8.78 Å². The van der Waals surface area contributed by atoms with Gasteiger partial charge in [-0.15, -0.1) is 0 Å². The summed E-state index contributed by atoms with van der Waals surface area (Å²) in [5.41, 5.74) is 1.92. The van der Waals surface area contributed by atoms with Crippen LogP contribution in [0.25, 0.3) is 11.1 Å². The van der Waals surface area contributed by atoms with Crippen LogP contribution < -0.4 is 14.6 Å². The molecular formula is C20H17F2NO3S. The highest BCUT2D eigenvalue weighted by atomic mass is 32.2. The van der Waals surface area contributed by atoms with Crippen LogP contribution in [0.1, 0.15) is 5.56 Å². The zero-order valence-electron chi connectivity index (χ0n) is 14.2. The lowest BCUT2D eigenvalue weighted by atomic mass is 10.0. The van der Waals surface area contributed by atoms with E-state index in [2.05, 4.69) is 4.74 Å². The molecule has 0 saturated heterocycles. The molecule has 3 rings (SSSR count). The first-order valence-electron chi connectivity index (χ1n) is 8.05. The highest BCUT2D eigenvalue weighted by Crippen LogP contribution is 2.35. The molecule has 4 nitrogen and oxygen atoms in total. The van der Waals surface area contributed by atoms with Crippen LogP contribution in [0.2, 0.25) is 0 Å². The summed E-state index contributed by atoms with van der Waals surface area (Å²) in [5, 5.41) is 5.42. The molecular weight excluding hydrogens is 372 g/mol. The maximum absolute atomic E-state index is 12.8. The molecule has 0 bridgehead atoms. The Morgan fingerprint density at radius 1 is 0.963 bits per heavy atom. The van der Waals surface area contributed by atoms with Crippen LogP contribution in [0.5, 0.6) is 11.5 Å². The largest absolute Gasteiger partial charge is 0.489 e. The summed E-state index contributed by atoms with van der Waals surface area (Å²) in [4.78, 5) is 0.381. The monoisotopic (exact) mass is 389 g/mol. The van der Waals surface area contributed by atoms with Crippen molar-refractivity contribution in [3.05, 3.63) is 78.4 Å². The van der Waals surface area contributed by atoms with Gasteiger partial charge < -0.3 is 9.47 Å². The van der Waals surface area contributed by atoms with Gasteiger partial charge in [-0.3, -0.25) is 0 Å². The number of nitrogens with two attached hydrogens (primary N) is 1. The standard InChI is InChI=1S/C20H17F2NO3S/c21-20(22)26-19-10-9-16(25-13-14-5-2-1-3-6-14)12-18(19)15-7-4-8-17(11-15)27(23)24/h1-12,20H,13,23H2. The number of ether oxygens (including phenoxy) is 2. The lowest BCUT2D eigenvalue weighted by Crippen LogP contribution is -2.05. The van der Waals surface area contributed by atoms with E-state index in [0.717, 1.165) is 5.56 Å². The fraction of sp³-hybridized carbons (Fsp3) is 0.100. The number of halogens is 2. The second-order valence-corrected chi connectivity index (χ2v) is 6.70. The summed E-state index contributed by atoms with van der Waals surface area (Å²) in [6.45, 7) is -2.63. The Labute approximate surface area is 158 Å². The third kappa shape index (κ3) is 5.12. The van der Waals surface area contributed by atoms with Gasteiger partial charge in [0.25, 0.3) is 0 Å². The lowest BCUT2D eigenvalue weighted by Gasteiger charge is -2.14. The van der Waals surface area contributed by atoms with Gasteiger partial charge in [0.05, 0.1) is 4.90 Å². The van der Waals surface area contributed by atoms with E-state index in [-0.39, 0.29) is 5.75 Å². The zero-order valence-corrected chi connectivity index (χ0v) is 15.0. The molecule has 1 atom stereocenters. The maximum atomic E-state index is 12.8. The quantitative estimate of drug-likeness (QED) is 0.646. The molecule has 0 aliphatic carbocycles. The highest BCUT2D eigenvalue weighted by Gasteiger charge is 2.14. The van der Waals surface area contributed by atoms with E-state index in [1.807, 2.05) is 30.3 Å². The Kier molecular flexibility index (Phi) is 6.16. The minimum absolute atomic E-state index is 0.00276. The molecule has 2 N–H and O–H groups in total. The fourth-order valence-electron chi connectivity index (χ4n) is 2.55. The Hall–Kier alpha value is -2.77. The van der Waals surface area contributed by atoms with Gasteiger partial charge in [0.15, 0.2) is 0 Å². The third-order valence-electron chi connectivity index (χ3n) is 3.79. The number of hydrogen-bond acceptors (Lipinski definition) is 3. The number of hydrogen-bond donors (Lipinski definition) is 1. The van der Waals surface area contributed by atoms with Gasteiger partial charge in [0.2, 0.25) is 0 Å². The normalized spacial score (nSPS) is 12.0. The van der Waals surface area contributed by atoms with Crippen molar-refractivity contribution < 1.29 is 22.5 Å². The van der Waals surface area contributed by atoms with Crippen LogP contribution in [-0.4, -0.2) is 10.8 Å². The Balaban J connectivity index is 1.93. The molecule has 0 spiro atoms. The minimum atomic E-state index is -2.97. The number of benzene rings is 3. The maximum Gasteiger partial charge on any atom is 0.387 e. The molecule has 0 aromatic heterocycles. The van der Waals surface area contributed by atoms with Gasteiger partial charge in [0.1, 0.15) is 29.1 Å². The van der Waals surface area contributed by atoms with E-state index >= 15 is 0 Å². The Bertz CT molecular complexity index is 936. The molecule has 0 saturated carbocycles. The predicted molar refractivity (Wildman–Crippen MR) is 99.9 cm³/mol. The van der Waals surface area contributed by atoms with E-state index in [4.69, 9.17) is 9.88 Å². The van der Waals surface area contributed by atoms with Gasteiger partial charge in [-0.2, -0.15) is 8.78 Å². The SMILES string of the molecule is NS(=O)c1cccc(-c2cc(OCc3ccccc3)ccc2OC(F)F)c1. The van der Waals surface area contributed by atoms with Crippen molar-refractivity contribution in [2.45, 2.75) is 18.1 Å². The summed E-state index contributed by atoms with van der Waals surface area (Å²) in [6.07, 6.45) is 0. The molecule has 0 amide bonds. The first-order chi connectivity index (χ1) is 13.0. The summed E-state index contributed by atoms with van der Waals surface area (Å²) in [5.74, 6) is 0.492. The molecule has 27 heavy (non-hydrogen) atoms. The molecule has 7 heteroatoms. The molecule has 3 aromatic rings. The summed E-state index contributed by atoms with van der Waals surface area (Å²) >= 11 is 0. The second-order valence-electron chi connectivity index (χ2n) is 5.64. The average Bonchev–Trinajstić information content (AvgIpc) is 2.67. The van der Waals surface area contributed by atoms with Gasteiger partial charge in [-0.05, 0) is 41.5 Å². The van der Waals surface area contributed by atoms with Crippen molar-refractivity contribution in [1.29, 1.82) is 0 Å². The molecule has 0 aliphatic heterocycles. The molecule has 0 radical (unpaired) electrons. The second kappa shape index (κ2) is 8.75. The van der Waals surface area contributed by atoms with Crippen molar-refractivity contribution in [3.63, 3.8) is 0 Å². The van der Waals surface area contributed by atoms with Crippen molar-refractivity contribution >= 4 is 11.0 Å². The average molecular weight is 389 g/mol. The first-order valence-corrected chi connectivity index (χ1v) is 9.26. The van der Waals surface area contributed by atoms with Crippen LogP contribution in [0, 0.1) is 0 Å². The highest BCUT2D eigenvalue weighted by molar-refractivity contribution is 7.82. The first kappa shape index (κ1) is 19.0. The molecule has 3 aromatic carbocycles. The molecule has 0 aliphatic rings. The number of alkyl halides is 2. The van der Waals surface area contributed by atoms with E-state index in [1.54, 1.807) is 36.4 Å². The zero-order chi connectivity index (χ0) is 19.2. The topological polar surface area (TPSA) is 61.6 Å². The van der Waals surface area contributed by atoms with Crippen molar-refractivity contribution in [1.82, 2.24) is 0 Å². The predicted octanol–water partition coefficient (Wildman–Crippen LogP) is 4.52. The van der Waals surface area contributed by atoms with E-state index in [0.29, 0.717) is 28.4 Å². The summed E-state index contributed by atoms with van der Waals surface area (Å²) < 4.78 is 47.5. The van der Waals surface area contributed by atoms with Crippen LogP contribution in [0.15, 0.2) is 77.7 Å². The third-order valence-corrected chi connectivity index (χ3v) is 4.51. The lowest BCUT2D eigenvalue weighted by molar-refractivity contribution is -0.0494. The van der Waals surface area contributed by atoms with Crippen molar-refractivity contribution in [2.24, 2.45) is 5.14 Å². The van der Waals surface area contributed by atoms with Gasteiger partial charge >= 0.3 is 6.61 Å². The smallest absolute Gasteiger partial charge is 0.387 e. The van der Waals surface area contributed by atoms with Crippen LogP contribution >= 0.6 is 0 Å². The van der Waals surface area contributed by atoms with Crippen LogP contribution in [-0.2, 0) is 17.6 Å². The van der Waals surface area contributed by atoms with Gasteiger partial charge in [0, 0.05) is 5.56 Å². The van der Waals surface area contributed by atoms with E-state index < -0.39 is 17.6 Å². The summed E-state index contributed by atoms with van der Waals surface area (Å²) in [7, 11) is -1.68. The minimum Gasteiger partial charge on any atom is -0.489 e. The molecule has 140 valence electrons. The van der Waals surface area contributed by atoms with E-state index in [9.17, 15) is 13.0 Å². The van der Waals surface area contributed by atoms with E-state index in [1.165, 1.54) is 6.07 Å².